The smallest absolute Gasteiger partial charge is 0.352 e. The average molecular weight is 532 g/mol. The van der Waals surface area contributed by atoms with Crippen molar-refractivity contribution >= 4 is 74.0 Å². The number of amides is 2. The third kappa shape index (κ3) is 4.06. The fourth-order valence-corrected chi connectivity index (χ4v) is 6.41. The van der Waals surface area contributed by atoms with E-state index in [1.54, 1.807) is 30.1 Å². The van der Waals surface area contributed by atoms with Gasteiger partial charge in [0.1, 0.15) is 41.1 Å². The lowest BCUT2D eigenvalue weighted by Gasteiger charge is -2.49. The van der Waals surface area contributed by atoms with Crippen LogP contribution in [0, 0.1) is 0 Å². The number of carbonyl (C=O) groups excluding carboxylic acids is 2. The first-order chi connectivity index (χ1) is 16.9. The second-order valence-electron chi connectivity index (χ2n) is 7.33. The van der Waals surface area contributed by atoms with E-state index in [0.29, 0.717) is 11.3 Å². The quantitative estimate of drug-likeness (QED) is 0.231. The number of thioether (sulfide) groups is 1. The number of carboxylic acid groups (broad SMARTS) is 1. The summed E-state index contributed by atoms with van der Waals surface area (Å²) >= 11 is 4.01. The molecule has 5 rings (SSSR count). The van der Waals surface area contributed by atoms with Gasteiger partial charge in [-0.3, -0.25) is 18.9 Å². The fraction of sp³-hybridized carbons (Fsp3) is 0.200. The molecule has 0 unspecified atom stereocenters. The molecule has 3 aromatic heterocycles. The fourth-order valence-electron chi connectivity index (χ4n) is 3.72. The molecule has 0 aliphatic carbocycles. The number of fused-ring (bicyclic) bond motifs is 2. The van der Waals surface area contributed by atoms with Crippen molar-refractivity contribution < 1.29 is 24.3 Å². The van der Waals surface area contributed by atoms with Gasteiger partial charge in [-0.2, -0.15) is 0 Å². The zero-order valence-corrected chi connectivity index (χ0v) is 20.4. The topological polar surface area (TPSA) is 165 Å². The molecule has 0 spiro atoms. The molecule has 12 nitrogen and oxygen atoms in total. The van der Waals surface area contributed by atoms with Crippen LogP contribution in [0.5, 0.6) is 0 Å². The average Bonchev–Trinajstić information content (AvgIpc) is 3.56. The van der Waals surface area contributed by atoms with Crippen LogP contribution in [0.2, 0.25) is 0 Å². The van der Waals surface area contributed by atoms with Gasteiger partial charge >= 0.3 is 5.97 Å². The van der Waals surface area contributed by atoms with Gasteiger partial charge in [-0.05, 0) is 11.6 Å². The maximum Gasteiger partial charge on any atom is 0.352 e. The van der Waals surface area contributed by atoms with Crippen molar-refractivity contribution in [2.45, 2.75) is 11.4 Å². The Kier molecular flexibility index (Phi) is 6.04. The molecule has 1 fully saturated rings. The molecule has 3 aromatic rings. The van der Waals surface area contributed by atoms with Crippen molar-refractivity contribution in [3.05, 3.63) is 52.0 Å². The number of aliphatic carboxylic acids is 1. The van der Waals surface area contributed by atoms with E-state index in [0.717, 1.165) is 21.9 Å². The van der Waals surface area contributed by atoms with E-state index in [-0.39, 0.29) is 22.2 Å². The highest BCUT2D eigenvalue weighted by atomic mass is 32.2. The summed E-state index contributed by atoms with van der Waals surface area (Å²) in [6, 6.07) is -0.923. The Morgan fingerprint density at radius 1 is 1.34 bits per heavy atom. The van der Waals surface area contributed by atoms with Crippen LogP contribution in [0.1, 0.15) is 11.4 Å². The number of thiazole rings is 2. The third-order valence-corrected chi connectivity index (χ3v) is 8.17. The van der Waals surface area contributed by atoms with Gasteiger partial charge in [0.25, 0.3) is 11.8 Å². The van der Waals surface area contributed by atoms with E-state index in [1.807, 2.05) is 9.78 Å². The summed E-state index contributed by atoms with van der Waals surface area (Å²) in [7, 11) is 1.28. The largest absolute Gasteiger partial charge is 0.477 e. The lowest BCUT2D eigenvalue weighted by atomic mass is 10.0. The normalized spacial score (nSPS) is 20.3. The first kappa shape index (κ1) is 23.1. The van der Waals surface area contributed by atoms with Gasteiger partial charge in [-0.15, -0.1) is 34.4 Å². The summed E-state index contributed by atoms with van der Waals surface area (Å²) in [5, 5.41) is 19.4. The van der Waals surface area contributed by atoms with Gasteiger partial charge in [0, 0.05) is 16.5 Å². The number of carboxylic acids is 1. The number of nitrogens with one attached hydrogen (secondary N) is 1. The van der Waals surface area contributed by atoms with E-state index < -0.39 is 29.2 Å². The molecule has 2 atom stereocenters. The third-order valence-electron chi connectivity index (χ3n) is 5.29. The molecule has 2 aliphatic rings. The molecule has 0 bridgehead atoms. The van der Waals surface area contributed by atoms with Crippen molar-refractivity contribution in [1.29, 1.82) is 0 Å². The number of rotatable bonds is 7. The lowest BCUT2D eigenvalue weighted by molar-refractivity contribution is -0.150. The van der Waals surface area contributed by atoms with Crippen molar-refractivity contribution in [1.82, 2.24) is 24.6 Å². The summed E-state index contributed by atoms with van der Waals surface area (Å²) in [4.78, 5) is 52.9. The van der Waals surface area contributed by atoms with Gasteiger partial charge < -0.3 is 21.0 Å². The molecule has 0 saturated carbocycles. The molecular weight excluding hydrogens is 514 g/mol. The van der Waals surface area contributed by atoms with E-state index >= 15 is 0 Å². The minimum atomic E-state index is -1.22. The summed E-state index contributed by atoms with van der Waals surface area (Å²) < 4.78 is 1.89. The zero-order chi connectivity index (χ0) is 24.7. The number of hydrogen-bond donors (Lipinski definition) is 3. The number of nitrogens with zero attached hydrogens (tertiary/aromatic N) is 5. The standard InChI is InChI=1S/C20H17N7O5S3/c1-32-25-13(11-7-35-20(21)23-11)16(28)24-14-17(29)27-15(19(30)31)9(5-34-18(14)27)2-3-10-6-33-12-4-22-8-26(10)12/h2-4,6-8,14,18H,5H2,1H3,(H2,21,23)(H,24,28)(H,30,31)/b3-2?,25-13-/t14-,18-/m1/s1. The second-order valence-corrected chi connectivity index (χ2v) is 10.2. The lowest BCUT2D eigenvalue weighted by Crippen LogP contribution is -2.71. The monoisotopic (exact) mass is 531 g/mol. The summed E-state index contributed by atoms with van der Waals surface area (Å²) in [5.74, 6) is -2.08. The van der Waals surface area contributed by atoms with Crippen molar-refractivity contribution in [3.8, 4) is 0 Å². The number of oxime groups is 1. The van der Waals surface area contributed by atoms with Gasteiger partial charge in [0.2, 0.25) is 0 Å². The van der Waals surface area contributed by atoms with Gasteiger partial charge in [0.15, 0.2) is 10.8 Å². The molecule has 4 N–H and O–H groups in total. The number of nitrogens with two attached hydrogens (primary N) is 1. The van der Waals surface area contributed by atoms with Crippen LogP contribution in [0.3, 0.4) is 0 Å². The van der Waals surface area contributed by atoms with E-state index in [2.05, 4.69) is 20.4 Å². The molecule has 15 heteroatoms. The molecule has 2 aliphatic heterocycles. The molecule has 0 aromatic carbocycles. The Balaban J connectivity index is 1.36. The Bertz CT molecular complexity index is 1440. The number of imidazole rings is 1. The van der Waals surface area contributed by atoms with Crippen LogP contribution in [-0.2, 0) is 19.2 Å². The zero-order valence-electron chi connectivity index (χ0n) is 17.9. The predicted molar refractivity (Wildman–Crippen MR) is 132 cm³/mol. The maximum absolute atomic E-state index is 12.9. The summed E-state index contributed by atoms with van der Waals surface area (Å²) in [6.07, 6.45) is 6.91. The van der Waals surface area contributed by atoms with Crippen LogP contribution in [0.25, 0.3) is 10.9 Å². The van der Waals surface area contributed by atoms with Crippen LogP contribution >= 0.6 is 34.4 Å². The molecule has 5 heterocycles. The van der Waals surface area contributed by atoms with Gasteiger partial charge in [0.05, 0.1) is 11.9 Å². The van der Waals surface area contributed by atoms with Crippen LogP contribution < -0.4 is 11.1 Å². The van der Waals surface area contributed by atoms with E-state index in [4.69, 9.17) is 10.6 Å². The first-order valence-corrected chi connectivity index (χ1v) is 12.8. The number of β-lactam (4-membered cyclic amide) rings is 1. The summed E-state index contributed by atoms with van der Waals surface area (Å²) in [6.45, 7) is 0. The Morgan fingerprint density at radius 2 is 2.17 bits per heavy atom. The van der Waals surface area contributed by atoms with Crippen molar-refractivity contribution in [2.75, 3.05) is 18.6 Å². The van der Waals surface area contributed by atoms with Crippen LogP contribution in [0.15, 0.2) is 45.8 Å². The predicted octanol–water partition coefficient (Wildman–Crippen LogP) is 1.24. The van der Waals surface area contributed by atoms with E-state index in [1.165, 1.54) is 35.1 Å². The number of hydrogen-bond acceptors (Lipinski definition) is 11. The number of carbonyl (C=O) groups is 3. The van der Waals surface area contributed by atoms with Crippen LogP contribution in [0.4, 0.5) is 5.13 Å². The molecule has 35 heavy (non-hydrogen) atoms. The summed E-state index contributed by atoms with van der Waals surface area (Å²) in [5.41, 5.74) is 6.96. The molecule has 0 radical (unpaired) electrons. The second kappa shape index (κ2) is 9.16. The van der Waals surface area contributed by atoms with Crippen LogP contribution in [-0.4, -0.2) is 72.1 Å². The molecule has 180 valence electrons. The van der Waals surface area contributed by atoms with Gasteiger partial charge in [-0.1, -0.05) is 11.2 Å². The molecular formula is C20H17N7O5S3. The number of nitrogen functional groups attached to an aromatic ring is 1. The first-order valence-electron chi connectivity index (χ1n) is 10.0. The minimum Gasteiger partial charge on any atom is -0.477 e. The number of allylic oxidation sites excluding steroid dienone is 1. The SMILES string of the molecule is CO/N=C(\C(=O)N[C@@H]1C(=O)N2C(C(=O)O)=C(C=Cc3csc4cncn34)CS[C@H]12)c1csc(N)n1. The van der Waals surface area contributed by atoms with Crippen molar-refractivity contribution in [3.63, 3.8) is 0 Å². The Hall–Kier alpha value is -3.69. The highest BCUT2D eigenvalue weighted by Crippen LogP contribution is 2.41. The van der Waals surface area contributed by atoms with Crippen molar-refractivity contribution in [2.24, 2.45) is 5.16 Å². The number of aromatic nitrogens is 3. The van der Waals surface area contributed by atoms with E-state index in [9.17, 15) is 19.5 Å². The Labute approximate surface area is 209 Å². The van der Waals surface area contributed by atoms with Gasteiger partial charge in [-0.25, -0.2) is 14.8 Å². The Morgan fingerprint density at radius 3 is 2.89 bits per heavy atom. The maximum atomic E-state index is 12.9. The molecule has 2 amide bonds. The highest BCUT2D eigenvalue weighted by molar-refractivity contribution is 8.00. The number of anilines is 1. The minimum absolute atomic E-state index is 0.101. The highest BCUT2D eigenvalue weighted by Gasteiger charge is 2.54. The molecule has 1 saturated heterocycles.